The molecule has 0 amide bonds. The van der Waals surface area contributed by atoms with Crippen molar-refractivity contribution in [2.45, 2.75) is 13.2 Å². The summed E-state index contributed by atoms with van der Waals surface area (Å²) in [5.41, 5.74) is 0.873. The Labute approximate surface area is 111 Å². The summed E-state index contributed by atoms with van der Waals surface area (Å²) >= 11 is 0. The first-order chi connectivity index (χ1) is 9.31. The van der Waals surface area contributed by atoms with E-state index in [2.05, 4.69) is 5.32 Å². The van der Waals surface area contributed by atoms with Gasteiger partial charge in [0.2, 0.25) is 0 Å². The van der Waals surface area contributed by atoms with Crippen molar-refractivity contribution in [1.29, 1.82) is 5.26 Å². The molecule has 0 spiro atoms. The average Bonchev–Trinajstić information content (AvgIpc) is 2.91. The fourth-order valence-electron chi connectivity index (χ4n) is 1.60. The van der Waals surface area contributed by atoms with E-state index in [9.17, 15) is 0 Å². The molecule has 98 valence electrons. The maximum absolute atomic E-state index is 8.90. The number of hydrogen-bond donors (Lipinski definition) is 2. The third kappa shape index (κ3) is 3.76. The van der Waals surface area contributed by atoms with Gasteiger partial charge in [0, 0.05) is 11.8 Å². The maximum atomic E-state index is 8.90. The standard InChI is InChI=1S/C14H14N2O3/c15-6-7-18-12-3-1-2-11(8-12)16-9-13-4-5-14(10-17)19-13/h1-5,8,16-17H,7,9-10H2. The molecule has 2 aromatic rings. The molecule has 0 atom stereocenters. The van der Waals surface area contributed by atoms with Crippen LogP contribution in [0.5, 0.6) is 5.75 Å². The van der Waals surface area contributed by atoms with Crippen LogP contribution in [0, 0.1) is 11.3 Å². The largest absolute Gasteiger partial charge is 0.479 e. The fraction of sp³-hybridized carbons (Fsp3) is 0.214. The molecule has 2 rings (SSSR count). The van der Waals surface area contributed by atoms with Crippen LogP contribution in [0.15, 0.2) is 40.8 Å². The molecule has 0 unspecified atom stereocenters. The lowest BCUT2D eigenvalue weighted by Crippen LogP contribution is -1.99. The van der Waals surface area contributed by atoms with Crippen LogP contribution < -0.4 is 10.1 Å². The molecule has 0 bridgehead atoms. The first-order valence-electron chi connectivity index (χ1n) is 5.84. The molecule has 0 aliphatic heterocycles. The summed E-state index contributed by atoms with van der Waals surface area (Å²) in [7, 11) is 0. The highest BCUT2D eigenvalue weighted by Crippen LogP contribution is 2.18. The topological polar surface area (TPSA) is 78.4 Å². The third-order valence-corrected chi connectivity index (χ3v) is 2.48. The van der Waals surface area contributed by atoms with Crippen molar-refractivity contribution >= 4 is 5.69 Å². The predicted molar refractivity (Wildman–Crippen MR) is 69.5 cm³/mol. The number of nitriles is 1. The predicted octanol–water partition coefficient (Wildman–Crippen LogP) is 2.29. The van der Waals surface area contributed by atoms with Crippen molar-refractivity contribution in [3.63, 3.8) is 0 Å². The van der Waals surface area contributed by atoms with Crippen molar-refractivity contribution in [2.24, 2.45) is 0 Å². The average molecular weight is 258 g/mol. The fourth-order valence-corrected chi connectivity index (χ4v) is 1.60. The highest BCUT2D eigenvalue weighted by Gasteiger charge is 2.01. The van der Waals surface area contributed by atoms with Crippen LogP contribution in [0.4, 0.5) is 5.69 Å². The summed E-state index contributed by atoms with van der Waals surface area (Å²) in [6.07, 6.45) is 0. The van der Waals surface area contributed by atoms with E-state index in [1.165, 1.54) is 0 Å². The molecule has 5 nitrogen and oxygen atoms in total. The zero-order valence-corrected chi connectivity index (χ0v) is 10.3. The van der Waals surface area contributed by atoms with E-state index in [4.69, 9.17) is 19.5 Å². The van der Waals surface area contributed by atoms with E-state index in [1.54, 1.807) is 12.1 Å². The SMILES string of the molecule is N#CCOc1cccc(NCc2ccc(CO)o2)c1. The summed E-state index contributed by atoms with van der Waals surface area (Å²) in [6.45, 7) is 0.445. The minimum atomic E-state index is -0.0997. The molecule has 19 heavy (non-hydrogen) atoms. The number of hydrogen-bond acceptors (Lipinski definition) is 5. The van der Waals surface area contributed by atoms with Gasteiger partial charge in [-0.25, -0.2) is 0 Å². The Morgan fingerprint density at radius 1 is 1.26 bits per heavy atom. The van der Waals surface area contributed by atoms with Crippen LogP contribution in [0.2, 0.25) is 0 Å². The summed E-state index contributed by atoms with van der Waals surface area (Å²) in [4.78, 5) is 0. The number of ether oxygens (including phenoxy) is 1. The maximum Gasteiger partial charge on any atom is 0.174 e. The normalized spacial score (nSPS) is 9.89. The van der Waals surface area contributed by atoms with Crippen LogP contribution in [0.25, 0.3) is 0 Å². The second-order valence-corrected chi connectivity index (χ2v) is 3.85. The monoisotopic (exact) mass is 258 g/mol. The Balaban J connectivity index is 1.93. The minimum absolute atomic E-state index is 0.0293. The Morgan fingerprint density at radius 3 is 2.84 bits per heavy atom. The first-order valence-corrected chi connectivity index (χ1v) is 5.84. The van der Waals surface area contributed by atoms with Crippen molar-refractivity contribution in [2.75, 3.05) is 11.9 Å². The van der Waals surface area contributed by atoms with Gasteiger partial charge in [-0.3, -0.25) is 0 Å². The van der Waals surface area contributed by atoms with E-state index in [0.717, 1.165) is 11.4 Å². The number of furan rings is 1. The number of nitrogens with zero attached hydrogens (tertiary/aromatic N) is 1. The molecular formula is C14H14N2O3. The van der Waals surface area contributed by atoms with E-state index < -0.39 is 0 Å². The molecule has 0 aliphatic rings. The molecule has 0 saturated heterocycles. The number of aliphatic hydroxyl groups excluding tert-OH is 1. The second kappa shape index (κ2) is 6.47. The Hall–Kier alpha value is -2.45. The number of aliphatic hydroxyl groups is 1. The van der Waals surface area contributed by atoms with Gasteiger partial charge in [-0.05, 0) is 24.3 Å². The van der Waals surface area contributed by atoms with E-state index >= 15 is 0 Å². The lowest BCUT2D eigenvalue weighted by atomic mass is 10.3. The van der Waals surface area contributed by atoms with E-state index in [-0.39, 0.29) is 13.2 Å². The van der Waals surface area contributed by atoms with Gasteiger partial charge in [0.15, 0.2) is 6.61 Å². The van der Waals surface area contributed by atoms with Crippen molar-refractivity contribution in [1.82, 2.24) is 0 Å². The number of nitrogens with one attached hydrogen (secondary N) is 1. The van der Waals surface area contributed by atoms with Gasteiger partial charge >= 0.3 is 0 Å². The molecule has 0 saturated carbocycles. The lowest BCUT2D eigenvalue weighted by Gasteiger charge is -2.07. The zero-order chi connectivity index (χ0) is 13.5. The molecule has 0 aliphatic carbocycles. The Kier molecular flexibility index (Phi) is 4.43. The molecule has 2 N–H and O–H groups in total. The number of benzene rings is 1. The van der Waals surface area contributed by atoms with Gasteiger partial charge in [0.05, 0.1) is 6.54 Å². The smallest absolute Gasteiger partial charge is 0.174 e. The molecule has 1 heterocycles. The van der Waals surface area contributed by atoms with E-state index in [0.29, 0.717) is 18.1 Å². The minimum Gasteiger partial charge on any atom is -0.479 e. The summed E-state index contributed by atoms with van der Waals surface area (Å²) in [5.74, 6) is 1.93. The molecule has 1 aromatic heterocycles. The van der Waals surface area contributed by atoms with Crippen LogP contribution in [-0.4, -0.2) is 11.7 Å². The van der Waals surface area contributed by atoms with Gasteiger partial charge in [0.1, 0.15) is 29.9 Å². The van der Waals surface area contributed by atoms with Gasteiger partial charge in [-0.1, -0.05) is 6.07 Å². The van der Waals surface area contributed by atoms with Crippen molar-refractivity contribution in [3.05, 3.63) is 47.9 Å². The quantitative estimate of drug-likeness (QED) is 0.831. The summed E-state index contributed by atoms with van der Waals surface area (Å²) < 4.78 is 10.6. The number of anilines is 1. The lowest BCUT2D eigenvalue weighted by molar-refractivity contribution is 0.244. The zero-order valence-electron chi connectivity index (χ0n) is 10.3. The third-order valence-electron chi connectivity index (χ3n) is 2.48. The molecular weight excluding hydrogens is 244 g/mol. The van der Waals surface area contributed by atoms with Crippen LogP contribution in [0.1, 0.15) is 11.5 Å². The molecule has 5 heteroatoms. The van der Waals surface area contributed by atoms with Gasteiger partial charge < -0.3 is 19.6 Å². The van der Waals surface area contributed by atoms with Crippen LogP contribution in [0.3, 0.4) is 0 Å². The molecule has 0 fully saturated rings. The van der Waals surface area contributed by atoms with Crippen molar-refractivity contribution < 1.29 is 14.3 Å². The Bertz CT molecular complexity index is 572. The molecule has 0 radical (unpaired) electrons. The second-order valence-electron chi connectivity index (χ2n) is 3.85. The highest BCUT2D eigenvalue weighted by atomic mass is 16.5. The highest BCUT2D eigenvalue weighted by molar-refractivity contribution is 5.48. The summed E-state index contributed by atoms with van der Waals surface area (Å²) in [5, 5.41) is 20.5. The molecule has 1 aromatic carbocycles. The van der Waals surface area contributed by atoms with Gasteiger partial charge in [-0.15, -0.1) is 0 Å². The van der Waals surface area contributed by atoms with Crippen molar-refractivity contribution in [3.8, 4) is 11.8 Å². The summed E-state index contributed by atoms with van der Waals surface area (Å²) in [6, 6.07) is 12.8. The first kappa shape index (κ1) is 13.0. The van der Waals surface area contributed by atoms with Crippen LogP contribution in [-0.2, 0) is 13.2 Å². The van der Waals surface area contributed by atoms with Gasteiger partial charge in [0.25, 0.3) is 0 Å². The number of rotatable bonds is 6. The van der Waals surface area contributed by atoms with E-state index in [1.807, 2.05) is 30.3 Å². The van der Waals surface area contributed by atoms with Gasteiger partial charge in [-0.2, -0.15) is 5.26 Å². The van der Waals surface area contributed by atoms with Crippen LogP contribution >= 0.6 is 0 Å². The Morgan fingerprint density at radius 2 is 2.11 bits per heavy atom.